The molecule has 0 spiro atoms. The minimum atomic E-state index is -0.670. The van der Waals surface area contributed by atoms with Gasteiger partial charge in [-0.15, -0.1) is 0 Å². The van der Waals surface area contributed by atoms with E-state index in [2.05, 4.69) is 25.3 Å². The molecular weight excluding hydrogens is 312 g/mol. The molecule has 4 rings (SSSR count). The first-order valence-corrected chi connectivity index (χ1v) is 7.18. The first-order chi connectivity index (χ1) is 11.7. The third kappa shape index (κ3) is 2.67. The summed E-state index contributed by atoms with van der Waals surface area (Å²) >= 11 is 0. The molecule has 4 aromatic rings. The van der Waals surface area contributed by atoms with Crippen LogP contribution in [0.2, 0.25) is 0 Å². The Morgan fingerprint density at radius 1 is 0.958 bits per heavy atom. The average molecular weight is 323 g/mol. The molecule has 0 amide bonds. The Labute approximate surface area is 135 Å². The second kappa shape index (κ2) is 5.69. The molecule has 3 aromatic heterocycles. The number of nitrogens with one attached hydrogen (secondary N) is 2. The molecule has 0 unspecified atom stereocenters. The van der Waals surface area contributed by atoms with Crippen LogP contribution >= 0.6 is 0 Å². The van der Waals surface area contributed by atoms with E-state index in [-0.39, 0.29) is 11.6 Å². The highest BCUT2D eigenvalue weighted by atomic mass is 19.1. The first-order valence-electron chi connectivity index (χ1n) is 7.18. The van der Waals surface area contributed by atoms with Gasteiger partial charge in [-0.05, 0) is 30.3 Å². The zero-order valence-corrected chi connectivity index (χ0v) is 12.3. The molecule has 0 radical (unpaired) electrons. The molecule has 0 aliphatic carbocycles. The molecule has 0 saturated carbocycles. The van der Waals surface area contributed by atoms with E-state index in [4.69, 9.17) is 0 Å². The van der Waals surface area contributed by atoms with Crippen molar-refractivity contribution in [3.63, 3.8) is 0 Å². The van der Waals surface area contributed by atoms with Crippen LogP contribution in [0.1, 0.15) is 0 Å². The summed E-state index contributed by atoms with van der Waals surface area (Å²) in [6.45, 7) is 0. The minimum Gasteiger partial charge on any atom is -0.345 e. The highest BCUT2D eigenvalue weighted by Gasteiger charge is 2.09. The van der Waals surface area contributed by atoms with Crippen LogP contribution in [0.25, 0.3) is 22.3 Å². The van der Waals surface area contributed by atoms with Gasteiger partial charge in [-0.3, -0.25) is 0 Å². The Morgan fingerprint density at radius 2 is 1.79 bits per heavy atom. The largest absolute Gasteiger partial charge is 0.345 e. The van der Waals surface area contributed by atoms with Crippen LogP contribution in [0, 0.1) is 11.6 Å². The number of aromatic amines is 1. The minimum absolute atomic E-state index is 0.241. The number of aromatic nitrogens is 4. The highest BCUT2D eigenvalue weighted by Crippen LogP contribution is 2.26. The normalized spacial score (nSPS) is 10.9. The Kier molecular flexibility index (Phi) is 3.38. The number of H-pyrrole nitrogens is 1. The average Bonchev–Trinajstić information content (AvgIpc) is 2.98. The van der Waals surface area contributed by atoms with Crippen LogP contribution in [0.5, 0.6) is 0 Å². The third-order valence-electron chi connectivity index (χ3n) is 3.50. The monoisotopic (exact) mass is 323 g/mol. The van der Waals surface area contributed by atoms with E-state index in [1.165, 1.54) is 12.1 Å². The van der Waals surface area contributed by atoms with Crippen molar-refractivity contribution in [1.29, 1.82) is 0 Å². The van der Waals surface area contributed by atoms with Crippen LogP contribution in [-0.4, -0.2) is 19.9 Å². The van der Waals surface area contributed by atoms with Crippen LogP contribution in [0.15, 0.2) is 55.0 Å². The maximum atomic E-state index is 13.3. The number of fused-ring (bicyclic) bond motifs is 1. The summed E-state index contributed by atoms with van der Waals surface area (Å²) in [6.07, 6.45) is 5.09. The van der Waals surface area contributed by atoms with Crippen molar-refractivity contribution in [3.05, 3.63) is 66.6 Å². The number of rotatable bonds is 3. The first kappa shape index (κ1) is 14.3. The molecule has 24 heavy (non-hydrogen) atoms. The van der Waals surface area contributed by atoms with Crippen molar-refractivity contribution >= 4 is 22.7 Å². The van der Waals surface area contributed by atoms with Gasteiger partial charge in [-0.25, -0.2) is 23.7 Å². The highest BCUT2D eigenvalue weighted by molar-refractivity contribution is 5.92. The van der Waals surface area contributed by atoms with Crippen LogP contribution in [0.3, 0.4) is 0 Å². The van der Waals surface area contributed by atoms with Crippen molar-refractivity contribution in [2.75, 3.05) is 5.32 Å². The van der Waals surface area contributed by atoms with Gasteiger partial charge in [0.1, 0.15) is 17.3 Å². The lowest BCUT2D eigenvalue weighted by atomic mass is 10.1. The molecule has 0 saturated heterocycles. The fourth-order valence-corrected chi connectivity index (χ4v) is 2.49. The summed E-state index contributed by atoms with van der Waals surface area (Å²) in [6, 6.07) is 8.69. The third-order valence-corrected chi connectivity index (χ3v) is 3.50. The van der Waals surface area contributed by atoms with Gasteiger partial charge in [0.2, 0.25) is 5.95 Å². The zero-order valence-electron chi connectivity index (χ0n) is 12.3. The molecular formula is C17H11F2N5. The van der Waals surface area contributed by atoms with E-state index in [9.17, 15) is 8.78 Å². The van der Waals surface area contributed by atoms with Gasteiger partial charge in [0.05, 0.1) is 5.69 Å². The summed E-state index contributed by atoms with van der Waals surface area (Å²) in [4.78, 5) is 15.8. The molecule has 0 aliphatic rings. The number of benzene rings is 1. The topological polar surface area (TPSA) is 66.5 Å². The number of halogens is 2. The summed E-state index contributed by atoms with van der Waals surface area (Å²) < 4.78 is 26.6. The molecule has 3 heterocycles. The summed E-state index contributed by atoms with van der Waals surface area (Å²) in [5, 5.41) is 3.74. The Balaban J connectivity index is 1.71. The lowest BCUT2D eigenvalue weighted by molar-refractivity contribution is 0.584. The fourth-order valence-electron chi connectivity index (χ4n) is 2.49. The van der Waals surface area contributed by atoms with Gasteiger partial charge in [-0.1, -0.05) is 0 Å². The number of hydrogen-bond donors (Lipinski definition) is 2. The second-order valence-corrected chi connectivity index (χ2v) is 5.15. The molecule has 2 N–H and O–H groups in total. The molecule has 118 valence electrons. The molecule has 0 aliphatic heterocycles. The smallest absolute Gasteiger partial charge is 0.227 e. The quantitative estimate of drug-likeness (QED) is 0.597. The maximum absolute atomic E-state index is 13.3. The molecule has 0 bridgehead atoms. The number of anilines is 2. The van der Waals surface area contributed by atoms with Gasteiger partial charge in [-0.2, -0.15) is 0 Å². The van der Waals surface area contributed by atoms with Crippen LogP contribution in [-0.2, 0) is 0 Å². The van der Waals surface area contributed by atoms with Crippen LogP contribution < -0.4 is 5.32 Å². The fraction of sp³-hybridized carbons (Fsp3) is 0. The molecule has 5 nitrogen and oxygen atoms in total. The number of nitrogens with zero attached hydrogens (tertiary/aromatic N) is 3. The molecule has 1 aromatic carbocycles. The van der Waals surface area contributed by atoms with E-state index >= 15 is 0 Å². The Morgan fingerprint density at radius 3 is 2.62 bits per heavy atom. The van der Waals surface area contributed by atoms with Crippen molar-refractivity contribution in [2.24, 2.45) is 0 Å². The summed E-state index contributed by atoms with van der Waals surface area (Å²) in [5.41, 5.74) is 2.54. The van der Waals surface area contributed by atoms with E-state index in [0.717, 1.165) is 22.7 Å². The zero-order chi connectivity index (χ0) is 16.5. The maximum Gasteiger partial charge on any atom is 0.227 e. The van der Waals surface area contributed by atoms with E-state index < -0.39 is 11.6 Å². The molecule has 0 atom stereocenters. The number of hydrogen-bond acceptors (Lipinski definition) is 4. The van der Waals surface area contributed by atoms with Crippen molar-refractivity contribution in [1.82, 2.24) is 19.9 Å². The van der Waals surface area contributed by atoms with Gasteiger partial charge in [0.15, 0.2) is 0 Å². The van der Waals surface area contributed by atoms with Crippen molar-refractivity contribution in [3.8, 4) is 11.3 Å². The van der Waals surface area contributed by atoms with E-state index in [0.29, 0.717) is 5.69 Å². The van der Waals surface area contributed by atoms with Gasteiger partial charge >= 0.3 is 0 Å². The van der Waals surface area contributed by atoms with Crippen molar-refractivity contribution < 1.29 is 8.78 Å². The summed E-state index contributed by atoms with van der Waals surface area (Å²) in [5.74, 6) is -1.09. The lowest BCUT2D eigenvalue weighted by Gasteiger charge is -2.06. The van der Waals surface area contributed by atoms with E-state index in [1.807, 2.05) is 18.3 Å². The summed E-state index contributed by atoms with van der Waals surface area (Å²) in [7, 11) is 0. The van der Waals surface area contributed by atoms with Gasteiger partial charge in [0.25, 0.3) is 0 Å². The molecule has 0 fully saturated rings. The van der Waals surface area contributed by atoms with Crippen molar-refractivity contribution in [2.45, 2.75) is 0 Å². The standard InChI is InChI=1S/C17H11F2N5/c18-10-6-11(19)8-12(7-10)23-17-21-5-3-15(24-17)14-9-22-16-13(14)2-1-4-20-16/h1-9H,(H,20,22)(H,21,23,24). The number of pyridine rings is 1. The predicted octanol–water partition coefficient (Wildman–Crippen LogP) is 4.04. The van der Waals surface area contributed by atoms with Gasteiger partial charge in [0, 0.05) is 41.3 Å². The Hall–Kier alpha value is -3.35. The SMILES string of the molecule is Fc1cc(F)cc(Nc2nccc(-c3c[nH]c4ncccc34)n2)c1. The van der Waals surface area contributed by atoms with Gasteiger partial charge < -0.3 is 10.3 Å². The van der Waals surface area contributed by atoms with Crippen LogP contribution in [0.4, 0.5) is 20.4 Å². The molecule has 7 heteroatoms. The van der Waals surface area contributed by atoms with E-state index in [1.54, 1.807) is 18.5 Å². The predicted molar refractivity (Wildman–Crippen MR) is 86.8 cm³/mol. The Bertz CT molecular complexity index is 1010. The second-order valence-electron chi connectivity index (χ2n) is 5.15. The lowest BCUT2D eigenvalue weighted by Crippen LogP contribution is -1.98.